The molecule has 0 radical (unpaired) electrons. The maximum absolute atomic E-state index is 9.49. The van der Waals surface area contributed by atoms with E-state index in [2.05, 4.69) is 15.0 Å². The zero-order valence-corrected chi connectivity index (χ0v) is 12.5. The first-order chi connectivity index (χ1) is 10.2. The number of hydrogen-bond donors (Lipinski definition) is 2. The van der Waals surface area contributed by atoms with E-state index in [1.165, 1.54) is 6.33 Å². The van der Waals surface area contributed by atoms with E-state index >= 15 is 0 Å². The fraction of sp³-hybridized carbons (Fsp3) is 0.583. The highest BCUT2D eigenvalue weighted by Crippen LogP contribution is 2.38. The Labute approximate surface area is 125 Å². The number of anilines is 1. The van der Waals surface area contributed by atoms with E-state index in [9.17, 15) is 5.11 Å². The highest BCUT2D eigenvalue weighted by atomic mass is 32.2. The highest BCUT2D eigenvalue weighted by Gasteiger charge is 2.45. The molecule has 1 aliphatic heterocycles. The number of methoxy groups -OCH3 is 1. The summed E-state index contributed by atoms with van der Waals surface area (Å²) in [6.07, 6.45) is 4.05. The van der Waals surface area contributed by atoms with Gasteiger partial charge in [-0.15, -0.1) is 0 Å². The number of imidazole rings is 1. The van der Waals surface area contributed by atoms with Gasteiger partial charge in [0.1, 0.15) is 17.9 Å². The van der Waals surface area contributed by atoms with Crippen molar-refractivity contribution in [2.75, 3.05) is 25.7 Å². The summed E-state index contributed by atoms with van der Waals surface area (Å²) in [6.45, 7) is -0.0639. The van der Waals surface area contributed by atoms with E-state index in [-0.39, 0.29) is 24.1 Å². The summed E-state index contributed by atoms with van der Waals surface area (Å²) < 4.78 is 13.3. The van der Waals surface area contributed by atoms with Crippen LogP contribution in [0.4, 0.5) is 5.82 Å². The lowest BCUT2D eigenvalue weighted by Gasteiger charge is -2.21. The van der Waals surface area contributed by atoms with Gasteiger partial charge in [0.2, 0.25) is 0 Å². The smallest absolute Gasteiger partial charge is 0.167 e. The number of aliphatic hydroxyl groups excluding tert-OH is 1. The Hall–Kier alpha value is -1.42. The third-order valence-electron chi connectivity index (χ3n) is 3.67. The van der Waals surface area contributed by atoms with Crippen LogP contribution in [0.15, 0.2) is 12.7 Å². The van der Waals surface area contributed by atoms with Crippen LogP contribution < -0.4 is 5.73 Å². The molecule has 0 aliphatic carbocycles. The zero-order valence-electron chi connectivity index (χ0n) is 11.7. The summed E-state index contributed by atoms with van der Waals surface area (Å²) in [4.78, 5) is 12.4. The third-order valence-corrected chi connectivity index (χ3v) is 4.79. The van der Waals surface area contributed by atoms with Gasteiger partial charge >= 0.3 is 0 Å². The molecule has 1 fully saturated rings. The lowest BCUT2D eigenvalue weighted by atomic mass is 10.2. The van der Waals surface area contributed by atoms with Crippen LogP contribution in [0.1, 0.15) is 6.23 Å². The fourth-order valence-electron chi connectivity index (χ4n) is 2.67. The zero-order chi connectivity index (χ0) is 15.0. The van der Waals surface area contributed by atoms with E-state index in [0.717, 1.165) is 0 Å². The molecule has 0 aromatic carbocycles. The molecule has 1 saturated heterocycles. The SMILES string of the molecule is CO[C@H]1C(SC)[C@@H](CO)O[C@H]1n1cnc2c(N)ncnc21. The normalized spacial score (nSPS) is 29.3. The Morgan fingerprint density at radius 3 is 2.95 bits per heavy atom. The summed E-state index contributed by atoms with van der Waals surface area (Å²) in [6, 6.07) is 0. The Morgan fingerprint density at radius 2 is 2.29 bits per heavy atom. The molecule has 114 valence electrons. The minimum atomic E-state index is -0.413. The Balaban J connectivity index is 2.03. The van der Waals surface area contributed by atoms with Crippen LogP contribution in [0.5, 0.6) is 0 Å². The lowest BCUT2D eigenvalue weighted by molar-refractivity contribution is -0.0583. The van der Waals surface area contributed by atoms with Crippen molar-refractivity contribution in [1.29, 1.82) is 0 Å². The van der Waals surface area contributed by atoms with Crippen LogP contribution in [0.2, 0.25) is 0 Å². The Morgan fingerprint density at radius 1 is 1.48 bits per heavy atom. The minimum absolute atomic E-state index is 0.0293. The van der Waals surface area contributed by atoms with Gasteiger partial charge in [-0.25, -0.2) is 15.0 Å². The number of nitrogen functional groups attached to an aromatic ring is 1. The summed E-state index contributed by atoms with van der Waals surface area (Å²) in [7, 11) is 1.63. The standard InChI is InChI=1S/C12H17N5O3S/c1-19-8-9(21-2)6(3-18)20-12(8)17-5-16-7-10(13)14-4-15-11(7)17/h4-6,8-9,12,18H,3H2,1-2H3,(H2,13,14,15)/t6-,8+,9?,12-/m1/s1. The molecule has 2 aromatic rings. The van der Waals surface area contributed by atoms with Crippen molar-refractivity contribution in [3.05, 3.63) is 12.7 Å². The molecule has 0 amide bonds. The molecule has 0 saturated carbocycles. The van der Waals surface area contributed by atoms with Crippen molar-refractivity contribution in [2.24, 2.45) is 0 Å². The third kappa shape index (κ3) is 2.26. The second kappa shape index (κ2) is 5.76. The Kier molecular flexibility index (Phi) is 3.98. The van der Waals surface area contributed by atoms with E-state index in [0.29, 0.717) is 17.0 Å². The van der Waals surface area contributed by atoms with Crippen molar-refractivity contribution in [2.45, 2.75) is 23.7 Å². The topological polar surface area (TPSA) is 108 Å². The fourth-order valence-corrected chi connectivity index (χ4v) is 3.64. The van der Waals surface area contributed by atoms with Gasteiger partial charge in [-0.05, 0) is 6.26 Å². The van der Waals surface area contributed by atoms with Crippen molar-refractivity contribution < 1.29 is 14.6 Å². The first kappa shape index (κ1) is 14.5. The molecule has 3 rings (SSSR count). The van der Waals surface area contributed by atoms with Crippen LogP contribution in [-0.4, -0.2) is 62.1 Å². The first-order valence-corrected chi connectivity index (χ1v) is 7.75. The van der Waals surface area contributed by atoms with Gasteiger partial charge in [-0.1, -0.05) is 0 Å². The van der Waals surface area contributed by atoms with Crippen LogP contribution in [0.3, 0.4) is 0 Å². The second-order valence-corrected chi connectivity index (χ2v) is 5.75. The molecule has 21 heavy (non-hydrogen) atoms. The van der Waals surface area contributed by atoms with Crippen LogP contribution in [0, 0.1) is 0 Å². The number of aliphatic hydroxyl groups is 1. The lowest BCUT2D eigenvalue weighted by Crippen LogP contribution is -2.32. The Bertz CT molecular complexity index is 636. The largest absolute Gasteiger partial charge is 0.394 e. The van der Waals surface area contributed by atoms with Gasteiger partial charge in [0.15, 0.2) is 17.7 Å². The maximum atomic E-state index is 9.49. The number of nitrogens with two attached hydrogens (primary N) is 1. The van der Waals surface area contributed by atoms with Crippen molar-refractivity contribution in [1.82, 2.24) is 19.5 Å². The average Bonchev–Trinajstić information content (AvgIpc) is 3.07. The van der Waals surface area contributed by atoms with E-state index < -0.39 is 6.23 Å². The van der Waals surface area contributed by atoms with Gasteiger partial charge in [-0.3, -0.25) is 4.57 Å². The molecule has 4 atom stereocenters. The van der Waals surface area contributed by atoms with Crippen molar-refractivity contribution >= 4 is 28.7 Å². The molecular weight excluding hydrogens is 294 g/mol. The summed E-state index contributed by atoms with van der Waals surface area (Å²) in [5.74, 6) is 0.325. The molecule has 9 heteroatoms. The highest BCUT2D eigenvalue weighted by molar-refractivity contribution is 7.99. The number of thioether (sulfide) groups is 1. The van der Waals surface area contributed by atoms with Crippen LogP contribution >= 0.6 is 11.8 Å². The molecule has 3 N–H and O–H groups in total. The van der Waals surface area contributed by atoms with E-state index in [1.807, 2.05) is 6.26 Å². The van der Waals surface area contributed by atoms with Gasteiger partial charge in [-0.2, -0.15) is 11.8 Å². The number of hydrogen-bond acceptors (Lipinski definition) is 8. The molecule has 0 spiro atoms. The van der Waals surface area contributed by atoms with Crippen LogP contribution in [-0.2, 0) is 9.47 Å². The van der Waals surface area contributed by atoms with E-state index in [1.54, 1.807) is 29.8 Å². The number of ether oxygens (including phenoxy) is 2. The van der Waals surface area contributed by atoms with Gasteiger partial charge in [0, 0.05) is 7.11 Å². The molecule has 3 heterocycles. The number of aromatic nitrogens is 4. The van der Waals surface area contributed by atoms with E-state index in [4.69, 9.17) is 15.2 Å². The van der Waals surface area contributed by atoms with Crippen molar-refractivity contribution in [3.8, 4) is 0 Å². The van der Waals surface area contributed by atoms with Gasteiger partial charge in [0.25, 0.3) is 0 Å². The van der Waals surface area contributed by atoms with Gasteiger partial charge < -0.3 is 20.3 Å². The quantitative estimate of drug-likeness (QED) is 0.815. The predicted octanol–water partition coefficient (Wildman–Crippen LogP) is 0.0448. The number of rotatable bonds is 4. The summed E-state index contributed by atoms with van der Waals surface area (Å²) in [5, 5.41) is 9.52. The second-order valence-electron chi connectivity index (χ2n) is 4.73. The molecular formula is C12H17N5O3S. The predicted molar refractivity (Wildman–Crippen MR) is 78.8 cm³/mol. The number of nitrogens with zero attached hydrogens (tertiary/aromatic N) is 4. The van der Waals surface area contributed by atoms with Crippen molar-refractivity contribution in [3.63, 3.8) is 0 Å². The molecule has 2 aromatic heterocycles. The molecule has 8 nitrogen and oxygen atoms in total. The van der Waals surface area contributed by atoms with Gasteiger partial charge in [0.05, 0.1) is 24.3 Å². The molecule has 1 aliphatic rings. The number of fused-ring (bicyclic) bond motifs is 1. The monoisotopic (exact) mass is 311 g/mol. The summed E-state index contributed by atoms with van der Waals surface area (Å²) >= 11 is 1.61. The summed E-state index contributed by atoms with van der Waals surface area (Å²) in [5.41, 5.74) is 6.92. The molecule has 1 unspecified atom stereocenters. The first-order valence-electron chi connectivity index (χ1n) is 6.46. The maximum Gasteiger partial charge on any atom is 0.167 e. The minimum Gasteiger partial charge on any atom is -0.394 e. The van der Waals surface area contributed by atoms with Crippen LogP contribution in [0.25, 0.3) is 11.2 Å². The average molecular weight is 311 g/mol. The molecule has 0 bridgehead atoms.